The van der Waals surface area contributed by atoms with Gasteiger partial charge >= 0.3 is 5.97 Å². The summed E-state index contributed by atoms with van der Waals surface area (Å²) in [6.45, 7) is 2.44. The molecule has 0 aliphatic rings. The van der Waals surface area contributed by atoms with Gasteiger partial charge in [-0.1, -0.05) is 6.92 Å². The van der Waals surface area contributed by atoms with Crippen LogP contribution in [0.15, 0.2) is 18.2 Å². The van der Waals surface area contributed by atoms with Crippen molar-refractivity contribution in [2.24, 2.45) is 11.7 Å². The van der Waals surface area contributed by atoms with E-state index in [4.69, 9.17) is 5.73 Å². The van der Waals surface area contributed by atoms with E-state index in [1.807, 2.05) is 6.92 Å². The van der Waals surface area contributed by atoms with Gasteiger partial charge in [0.1, 0.15) is 5.82 Å². The van der Waals surface area contributed by atoms with E-state index in [1.165, 1.54) is 19.2 Å². The van der Waals surface area contributed by atoms with Crippen molar-refractivity contribution in [3.8, 4) is 0 Å². The summed E-state index contributed by atoms with van der Waals surface area (Å²) in [6, 6.07) is 3.67. The van der Waals surface area contributed by atoms with Crippen molar-refractivity contribution < 1.29 is 18.7 Å². The summed E-state index contributed by atoms with van der Waals surface area (Å²) in [6.07, 6.45) is 0.876. The van der Waals surface area contributed by atoms with Gasteiger partial charge in [0.25, 0.3) is 0 Å². The Morgan fingerprint density at radius 1 is 1.45 bits per heavy atom. The number of esters is 1. The predicted octanol–water partition coefficient (Wildman–Crippen LogP) is 1.93. The summed E-state index contributed by atoms with van der Waals surface area (Å²) in [5.74, 6) is -1.27. The number of hydrogen-bond acceptors (Lipinski definition) is 4. The van der Waals surface area contributed by atoms with Crippen molar-refractivity contribution in [2.45, 2.75) is 19.8 Å². The third-order valence-corrected chi connectivity index (χ3v) is 2.93. The van der Waals surface area contributed by atoms with Crippen LogP contribution in [0.2, 0.25) is 0 Å². The molecule has 1 amide bonds. The number of nitrogens with two attached hydrogens (primary N) is 1. The molecule has 0 radical (unpaired) electrons. The Hall–Kier alpha value is -1.95. The maximum atomic E-state index is 13.6. The molecular weight excluding hydrogens is 263 g/mol. The summed E-state index contributed by atoms with van der Waals surface area (Å²) in [5.41, 5.74) is 5.61. The highest BCUT2D eigenvalue weighted by molar-refractivity contribution is 5.94. The molecule has 0 bridgehead atoms. The number of anilines is 1. The van der Waals surface area contributed by atoms with E-state index in [2.05, 4.69) is 10.1 Å². The smallest absolute Gasteiger partial charge is 0.337 e. The van der Waals surface area contributed by atoms with Gasteiger partial charge in [0, 0.05) is 6.42 Å². The number of amides is 1. The van der Waals surface area contributed by atoms with E-state index in [0.29, 0.717) is 13.0 Å². The Bertz CT molecular complexity index is 491. The van der Waals surface area contributed by atoms with E-state index >= 15 is 0 Å². The number of ether oxygens (including phenoxy) is 1. The first-order valence-electron chi connectivity index (χ1n) is 6.35. The zero-order chi connectivity index (χ0) is 15.1. The number of methoxy groups -OCH3 is 1. The standard InChI is InChI=1S/C14H19FN2O3/c1-9(8-16)3-6-13(18)17-12-7-10(14(19)20-2)4-5-11(12)15/h4-5,7,9H,3,6,8,16H2,1-2H3,(H,17,18). The molecular formula is C14H19FN2O3. The lowest BCUT2D eigenvalue weighted by atomic mass is 10.1. The summed E-state index contributed by atoms with van der Waals surface area (Å²) in [5, 5.41) is 2.45. The lowest BCUT2D eigenvalue weighted by Crippen LogP contribution is -2.17. The van der Waals surface area contributed by atoms with Crippen LogP contribution >= 0.6 is 0 Å². The van der Waals surface area contributed by atoms with Crippen molar-refractivity contribution in [1.82, 2.24) is 0 Å². The molecule has 0 fully saturated rings. The van der Waals surface area contributed by atoms with Crippen LogP contribution in [-0.4, -0.2) is 25.5 Å². The van der Waals surface area contributed by atoms with Crippen LogP contribution in [0.25, 0.3) is 0 Å². The van der Waals surface area contributed by atoms with E-state index < -0.39 is 11.8 Å². The van der Waals surface area contributed by atoms with Crippen LogP contribution in [0.5, 0.6) is 0 Å². The van der Waals surface area contributed by atoms with Crippen LogP contribution in [0.1, 0.15) is 30.1 Å². The van der Waals surface area contributed by atoms with Gasteiger partial charge < -0.3 is 15.8 Å². The molecule has 1 unspecified atom stereocenters. The Morgan fingerprint density at radius 3 is 2.75 bits per heavy atom. The van der Waals surface area contributed by atoms with Crippen LogP contribution in [0.4, 0.5) is 10.1 Å². The van der Waals surface area contributed by atoms with Gasteiger partial charge in [-0.2, -0.15) is 0 Å². The van der Waals surface area contributed by atoms with Crippen molar-refractivity contribution >= 4 is 17.6 Å². The molecule has 0 spiro atoms. The van der Waals surface area contributed by atoms with Crippen molar-refractivity contribution in [1.29, 1.82) is 0 Å². The molecule has 5 nitrogen and oxygen atoms in total. The number of halogens is 1. The molecule has 1 rings (SSSR count). The highest BCUT2D eigenvalue weighted by atomic mass is 19.1. The third-order valence-electron chi connectivity index (χ3n) is 2.93. The molecule has 1 aromatic rings. The predicted molar refractivity (Wildman–Crippen MR) is 73.8 cm³/mol. The summed E-state index contributed by atoms with van der Waals surface area (Å²) >= 11 is 0. The topological polar surface area (TPSA) is 81.4 Å². The van der Waals surface area contributed by atoms with E-state index in [1.54, 1.807) is 0 Å². The molecule has 110 valence electrons. The van der Waals surface area contributed by atoms with Crippen molar-refractivity contribution in [3.05, 3.63) is 29.6 Å². The highest BCUT2D eigenvalue weighted by Crippen LogP contribution is 2.17. The Kier molecular flexibility index (Phi) is 6.11. The number of nitrogens with one attached hydrogen (secondary N) is 1. The highest BCUT2D eigenvalue weighted by Gasteiger charge is 2.12. The second-order valence-corrected chi connectivity index (χ2v) is 4.61. The Balaban J connectivity index is 2.71. The summed E-state index contributed by atoms with van der Waals surface area (Å²) in [4.78, 5) is 23.0. The number of carbonyl (C=O) groups excluding carboxylic acids is 2. The fourth-order valence-electron chi connectivity index (χ4n) is 1.57. The molecule has 0 aliphatic heterocycles. The Morgan fingerprint density at radius 2 is 2.15 bits per heavy atom. The van der Waals surface area contributed by atoms with Crippen LogP contribution in [0.3, 0.4) is 0 Å². The first kappa shape index (κ1) is 16.1. The van der Waals surface area contributed by atoms with Crippen LogP contribution in [0, 0.1) is 11.7 Å². The monoisotopic (exact) mass is 282 g/mol. The molecule has 6 heteroatoms. The maximum Gasteiger partial charge on any atom is 0.337 e. The molecule has 20 heavy (non-hydrogen) atoms. The number of benzene rings is 1. The van der Waals surface area contributed by atoms with E-state index in [-0.39, 0.29) is 29.5 Å². The zero-order valence-corrected chi connectivity index (χ0v) is 11.6. The lowest BCUT2D eigenvalue weighted by molar-refractivity contribution is -0.116. The molecule has 3 N–H and O–H groups in total. The van der Waals surface area contributed by atoms with Gasteiger partial charge in [-0.05, 0) is 37.1 Å². The first-order valence-corrected chi connectivity index (χ1v) is 6.35. The second kappa shape index (κ2) is 7.59. The van der Waals surface area contributed by atoms with Gasteiger partial charge in [0.2, 0.25) is 5.91 Å². The molecule has 0 aliphatic carbocycles. The molecule has 1 atom stereocenters. The SMILES string of the molecule is COC(=O)c1ccc(F)c(NC(=O)CCC(C)CN)c1. The van der Waals surface area contributed by atoms with Gasteiger partial charge in [0.05, 0.1) is 18.4 Å². The zero-order valence-electron chi connectivity index (χ0n) is 11.6. The van der Waals surface area contributed by atoms with Gasteiger partial charge in [-0.3, -0.25) is 4.79 Å². The third kappa shape index (κ3) is 4.62. The normalized spacial score (nSPS) is 11.8. The maximum absolute atomic E-state index is 13.6. The van der Waals surface area contributed by atoms with Gasteiger partial charge in [-0.25, -0.2) is 9.18 Å². The van der Waals surface area contributed by atoms with E-state index in [9.17, 15) is 14.0 Å². The van der Waals surface area contributed by atoms with Gasteiger partial charge in [0.15, 0.2) is 0 Å². The largest absolute Gasteiger partial charge is 0.465 e. The molecule has 0 saturated heterocycles. The van der Waals surface area contributed by atoms with E-state index in [0.717, 1.165) is 6.07 Å². The molecule has 1 aromatic carbocycles. The minimum atomic E-state index is -0.599. The van der Waals surface area contributed by atoms with Crippen LogP contribution < -0.4 is 11.1 Å². The number of hydrogen-bond donors (Lipinski definition) is 2. The fraction of sp³-hybridized carbons (Fsp3) is 0.429. The first-order chi connectivity index (χ1) is 9.47. The van der Waals surface area contributed by atoms with Crippen LogP contribution in [-0.2, 0) is 9.53 Å². The average Bonchev–Trinajstić information content (AvgIpc) is 2.46. The van der Waals surface area contributed by atoms with Crippen molar-refractivity contribution in [2.75, 3.05) is 19.0 Å². The van der Waals surface area contributed by atoms with Gasteiger partial charge in [-0.15, -0.1) is 0 Å². The molecule has 0 aromatic heterocycles. The minimum Gasteiger partial charge on any atom is -0.465 e. The molecule has 0 heterocycles. The lowest BCUT2D eigenvalue weighted by Gasteiger charge is -2.10. The number of carbonyl (C=O) groups is 2. The second-order valence-electron chi connectivity index (χ2n) is 4.61. The molecule has 0 saturated carbocycles. The number of rotatable bonds is 6. The summed E-state index contributed by atoms with van der Waals surface area (Å²) < 4.78 is 18.1. The fourth-order valence-corrected chi connectivity index (χ4v) is 1.57. The minimum absolute atomic E-state index is 0.0294. The summed E-state index contributed by atoms with van der Waals surface area (Å²) in [7, 11) is 1.23. The quantitative estimate of drug-likeness (QED) is 0.781. The Labute approximate surface area is 117 Å². The average molecular weight is 282 g/mol. The van der Waals surface area contributed by atoms with Crippen molar-refractivity contribution in [3.63, 3.8) is 0 Å².